The van der Waals surface area contributed by atoms with Crippen molar-refractivity contribution in [3.63, 3.8) is 0 Å². The molecule has 3 nitrogen and oxygen atoms in total. The average molecular weight is 183 g/mol. The standard InChI is InChI=1S/C10H17NO2/c1-7(2)10(13)9-5-4-6-11(9)8(3)12/h7,9H,4-6H2,1-3H3/t9-/m0/s1. The fourth-order valence-electron chi connectivity index (χ4n) is 1.82. The Morgan fingerprint density at radius 2 is 2.00 bits per heavy atom. The van der Waals surface area contributed by atoms with E-state index >= 15 is 0 Å². The van der Waals surface area contributed by atoms with Crippen LogP contribution >= 0.6 is 0 Å². The summed E-state index contributed by atoms with van der Waals surface area (Å²) in [6.07, 6.45) is 1.80. The van der Waals surface area contributed by atoms with E-state index in [1.807, 2.05) is 13.8 Å². The van der Waals surface area contributed by atoms with E-state index in [1.165, 1.54) is 6.92 Å². The summed E-state index contributed by atoms with van der Waals surface area (Å²) in [7, 11) is 0. The van der Waals surface area contributed by atoms with E-state index in [0.29, 0.717) is 0 Å². The molecule has 0 aromatic heterocycles. The first-order valence-corrected chi connectivity index (χ1v) is 4.85. The molecule has 1 heterocycles. The van der Waals surface area contributed by atoms with E-state index in [4.69, 9.17) is 0 Å². The largest absolute Gasteiger partial charge is 0.333 e. The maximum atomic E-state index is 11.7. The SMILES string of the molecule is CC(=O)N1CCC[C@H]1C(=O)C(C)C. The second-order valence-electron chi connectivity index (χ2n) is 3.93. The van der Waals surface area contributed by atoms with Gasteiger partial charge in [0, 0.05) is 19.4 Å². The monoisotopic (exact) mass is 183 g/mol. The molecular weight excluding hydrogens is 166 g/mol. The number of hydrogen-bond donors (Lipinski definition) is 0. The summed E-state index contributed by atoms with van der Waals surface area (Å²) in [5.74, 6) is 0.258. The Hall–Kier alpha value is -0.860. The zero-order valence-electron chi connectivity index (χ0n) is 8.54. The molecule has 0 aromatic rings. The number of hydrogen-bond acceptors (Lipinski definition) is 2. The smallest absolute Gasteiger partial charge is 0.220 e. The van der Waals surface area contributed by atoms with Gasteiger partial charge in [0.2, 0.25) is 5.91 Å². The van der Waals surface area contributed by atoms with E-state index < -0.39 is 0 Å². The molecule has 0 aromatic carbocycles. The molecule has 0 saturated carbocycles. The second kappa shape index (κ2) is 3.90. The third kappa shape index (κ3) is 2.08. The first-order valence-electron chi connectivity index (χ1n) is 4.85. The molecule has 1 fully saturated rings. The second-order valence-corrected chi connectivity index (χ2v) is 3.93. The molecule has 0 unspecified atom stereocenters. The van der Waals surface area contributed by atoms with Gasteiger partial charge in [0.1, 0.15) is 0 Å². The summed E-state index contributed by atoms with van der Waals surface area (Å²) < 4.78 is 0. The highest BCUT2D eigenvalue weighted by Gasteiger charge is 2.32. The van der Waals surface area contributed by atoms with E-state index in [0.717, 1.165) is 19.4 Å². The number of carbonyl (C=O) groups excluding carboxylic acids is 2. The van der Waals surface area contributed by atoms with Crippen LogP contribution < -0.4 is 0 Å². The number of Topliss-reactive ketones (excluding diaryl/α,β-unsaturated/α-hetero) is 1. The number of carbonyl (C=O) groups is 2. The third-order valence-corrected chi connectivity index (χ3v) is 2.55. The van der Waals surface area contributed by atoms with Crippen molar-refractivity contribution in [1.29, 1.82) is 0 Å². The van der Waals surface area contributed by atoms with E-state index in [-0.39, 0.29) is 23.7 Å². The van der Waals surface area contributed by atoms with Crippen LogP contribution in [0, 0.1) is 5.92 Å². The Kier molecular flexibility index (Phi) is 3.07. The van der Waals surface area contributed by atoms with Gasteiger partial charge in [-0.15, -0.1) is 0 Å². The molecule has 1 aliphatic heterocycles. The van der Waals surface area contributed by atoms with Gasteiger partial charge in [-0.2, -0.15) is 0 Å². The Morgan fingerprint density at radius 1 is 1.38 bits per heavy atom. The van der Waals surface area contributed by atoms with Gasteiger partial charge in [0.25, 0.3) is 0 Å². The predicted molar refractivity (Wildman–Crippen MR) is 50.3 cm³/mol. The van der Waals surface area contributed by atoms with E-state index in [9.17, 15) is 9.59 Å². The van der Waals surface area contributed by atoms with Gasteiger partial charge in [-0.1, -0.05) is 13.8 Å². The maximum absolute atomic E-state index is 11.7. The molecule has 1 saturated heterocycles. The van der Waals surface area contributed by atoms with Crippen molar-refractivity contribution in [2.75, 3.05) is 6.54 Å². The quantitative estimate of drug-likeness (QED) is 0.645. The van der Waals surface area contributed by atoms with Gasteiger partial charge in [-0.25, -0.2) is 0 Å². The van der Waals surface area contributed by atoms with Crippen LogP contribution in [0.4, 0.5) is 0 Å². The minimum atomic E-state index is -0.141. The summed E-state index contributed by atoms with van der Waals surface area (Å²) in [6, 6.07) is -0.141. The molecule has 0 aliphatic carbocycles. The highest BCUT2D eigenvalue weighted by atomic mass is 16.2. The van der Waals surface area contributed by atoms with Crippen LogP contribution in [0.1, 0.15) is 33.6 Å². The third-order valence-electron chi connectivity index (χ3n) is 2.55. The molecule has 1 aliphatic rings. The normalized spacial score (nSPS) is 22.5. The van der Waals surface area contributed by atoms with Crippen molar-refractivity contribution >= 4 is 11.7 Å². The molecule has 3 heteroatoms. The van der Waals surface area contributed by atoms with Crippen LogP contribution in [-0.2, 0) is 9.59 Å². The van der Waals surface area contributed by atoms with Gasteiger partial charge < -0.3 is 4.90 Å². The van der Waals surface area contributed by atoms with Gasteiger partial charge in [-0.05, 0) is 12.8 Å². The molecule has 1 rings (SSSR count). The summed E-state index contributed by atoms with van der Waals surface area (Å²) in [6.45, 7) is 6.06. The fourth-order valence-corrected chi connectivity index (χ4v) is 1.82. The van der Waals surface area contributed by atoms with Gasteiger partial charge in [0.05, 0.1) is 6.04 Å². The number of nitrogens with zero attached hydrogens (tertiary/aromatic N) is 1. The molecular formula is C10H17NO2. The minimum absolute atomic E-state index is 0.0245. The Labute approximate surface area is 79.1 Å². The number of likely N-dealkylation sites (tertiary alicyclic amines) is 1. The maximum Gasteiger partial charge on any atom is 0.220 e. The fraction of sp³-hybridized carbons (Fsp3) is 0.800. The van der Waals surface area contributed by atoms with Crippen LogP contribution in [-0.4, -0.2) is 29.2 Å². The van der Waals surface area contributed by atoms with Crippen LogP contribution in [0.3, 0.4) is 0 Å². The summed E-state index contributed by atoms with van der Waals surface area (Å²) in [5.41, 5.74) is 0. The lowest BCUT2D eigenvalue weighted by molar-refractivity contribution is -0.137. The van der Waals surface area contributed by atoms with Crippen molar-refractivity contribution in [1.82, 2.24) is 4.90 Å². The number of amides is 1. The predicted octanol–water partition coefficient (Wildman–Crippen LogP) is 1.22. The highest BCUT2D eigenvalue weighted by Crippen LogP contribution is 2.20. The van der Waals surface area contributed by atoms with Crippen molar-refractivity contribution in [2.45, 2.75) is 39.7 Å². The zero-order valence-corrected chi connectivity index (χ0v) is 8.54. The molecule has 0 radical (unpaired) electrons. The summed E-state index contributed by atoms with van der Waals surface area (Å²) in [4.78, 5) is 24.5. The summed E-state index contributed by atoms with van der Waals surface area (Å²) in [5, 5.41) is 0. The van der Waals surface area contributed by atoms with E-state index in [1.54, 1.807) is 4.90 Å². The Morgan fingerprint density at radius 3 is 2.46 bits per heavy atom. The lowest BCUT2D eigenvalue weighted by atomic mass is 10.00. The first-order chi connectivity index (χ1) is 6.04. The van der Waals surface area contributed by atoms with Crippen LogP contribution in [0.25, 0.3) is 0 Å². The van der Waals surface area contributed by atoms with E-state index in [2.05, 4.69) is 0 Å². The molecule has 13 heavy (non-hydrogen) atoms. The molecule has 0 spiro atoms. The van der Waals surface area contributed by atoms with Gasteiger partial charge >= 0.3 is 0 Å². The van der Waals surface area contributed by atoms with Crippen molar-refractivity contribution in [2.24, 2.45) is 5.92 Å². The Bertz CT molecular complexity index is 223. The lowest BCUT2D eigenvalue weighted by Crippen LogP contribution is -2.40. The van der Waals surface area contributed by atoms with Crippen molar-refractivity contribution < 1.29 is 9.59 Å². The zero-order chi connectivity index (χ0) is 10.0. The average Bonchev–Trinajstić information content (AvgIpc) is 2.50. The van der Waals surface area contributed by atoms with Crippen LogP contribution in [0.2, 0.25) is 0 Å². The Balaban J connectivity index is 2.68. The van der Waals surface area contributed by atoms with Gasteiger partial charge in [-0.3, -0.25) is 9.59 Å². The van der Waals surface area contributed by atoms with Crippen LogP contribution in [0.15, 0.2) is 0 Å². The molecule has 74 valence electrons. The first kappa shape index (κ1) is 10.2. The molecule has 0 N–H and O–H groups in total. The lowest BCUT2D eigenvalue weighted by Gasteiger charge is -2.23. The highest BCUT2D eigenvalue weighted by molar-refractivity contribution is 5.90. The molecule has 0 bridgehead atoms. The minimum Gasteiger partial charge on any atom is -0.333 e. The van der Waals surface area contributed by atoms with Crippen molar-refractivity contribution in [3.05, 3.63) is 0 Å². The van der Waals surface area contributed by atoms with Crippen molar-refractivity contribution in [3.8, 4) is 0 Å². The van der Waals surface area contributed by atoms with Gasteiger partial charge in [0.15, 0.2) is 5.78 Å². The molecule has 1 atom stereocenters. The number of ketones is 1. The summed E-state index contributed by atoms with van der Waals surface area (Å²) >= 11 is 0. The topological polar surface area (TPSA) is 37.4 Å². The molecule has 1 amide bonds. The number of rotatable bonds is 2. The van der Waals surface area contributed by atoms with Crippen LogP contribution in [0.5, 0.6) is 0 Å².